The number of aromatic nitrogens is 2. The van der Waals surface area contributed by atoms with E-state index < -0.39 is 11.8 Å². The smallest absolute Gasteiger partial charge is 0.255 e. The number of hydrogen-bond acceptors (Lipinski definition) is 6. The molecule has 1 amide bonds. The van der Waals surface area contributed by atoms with Crippen LogP contribution in [0.15, 0.2) is 66.1 Å². The van der Waals surface area contributed by atoms with Crippen molar-refractivity contribution in [2.24, 2.45) is 11.5 Å². The lowest BCUT2D eigenvalue weighted by molar-refractivity contribution is -0.119. The first-order valence-corrected chi connectivity index (χ1v) is 8.80. The van der Waals surface area contributed by atoms with Gasteiger partial charge >= 0.3 is 0 Å². The van der Waals surface area contributed by atoms with Gasteiger partial charge in [-0.1, -0.05) is 42.5 Å². The Balaban J connectivity index is 1.73. The molecule has 0 saturated heterocycles. The average molecular weight is 387 g/mol. The largest absolute Gasteiger partial charge is 0.484 e. The van der Waals surface area contributed by atoms with Gasteiger partial charge in [0.05, 0.1) is 11.6 Å². The van der Waals surface area contributed by atoms with Gasteiger partial charge in [0.2, 0.25) is 11.8 Å². The molecule has 0 bridgehead atoms. The second-order valence-electron chi connectivity index (χ2n) is 6.42. The van der Waals surface area contributed by atoms with Crippen LogP contribution in [0, 0.1) is 11.3 Å². The molecule has 1 aliphatic heterocycles. The molecule has 1 aliphatic rings. The highest BCUT2D eigenvalue weighted by atomic mass is 16.5. The van der Waals surface area contributed by atoms with Crippen LogP contribution in [-0.2, 0) is 4.79 Å². The second-order valence-corrected chi connectivity index (χ2v) is 6.42. The van der Waals surface area contributed by atoms with Crippen LogP contribution in [0.2, 0.25) is 0 Å². The van der Waals surface area contributed by atoms with Gasteiger partial charge in [-0.05, 0) is 17.7 Å². The molecule has 0 radical (unpaired) electrons. The third-order valence-electron chi connectivity index (χ3n) is 4.51. The minimum Gasteiger partial charge on any atom is -0.484 e. The number of nitrogens with one attached hydrogen (secondary N) is 1. The van der Waals surface area contributed by atoms with E-state index in [4.69, 9.17) is 20.9 Å². The van der Waals surface area contributed by atoms with Crippen LogP contribution in [0.3, 0.4) is 0 Å². The molecule has 8 heteroatoms. The van der Waals surface area contributed by atoms with E-state index >= 15 is 0 Å². The fourth-order valence-corrected chi connectivity index (χ4v) is 3.19. The van der Waals surface area contributed by atoms with Crippen LogP contribution in [0.25, 0.3) is 11.4 Å². The number of rotatable bonds is 5. The summed E-state index contributed by atoms with van der Waals surface area (Å²) in [6.45, 7) is -0.210. The Hall–Kier alpha value is -4.25. The van der Waals surface area contributed by atoms with Crippen molar-refractivity contribution < 1.29 is 14.3 Å². The number of fused-ring (bicyclic) bond motifs is 1. The SMILES string of the molecule is N#CC1=C(N)Oc2nc(-c3ccccc3)[nH]c2[C@@H]1c1ccc(OCC(N)=O)cc1. The molecule has 2 aromatic carbocycles. The summed E-state index contributed by atoms with van der Waals surface area (Å²) in [4.78, 5) is 18.7. The molecule has 3 aromatic rings. The highest BCUT2D eigenvalue weighted by molar-refractivity contribution is 5.75. The number of nitrogens with two attached hydrogens (primary N) is 2. The highest BCUT2D eigenvalue weighted by Crippen LogP contribution is 2.42. The Bertz CT molecular complexity index is 1130. The number of amides is 1. The summed E-state index contributed by atoms with van der Waals surface area (Å²) in [5, 5.41) is 9.66. The summed E-state index contributed by atoms with van der Waals surface area (Å²) >= 11 is 0. The van der Waals surface area contributed by atoms with Crippen molar-refractivity contribution in [1.29, 1.82) is 5.26 Å². The highest BCUT2D eigenvalue weighted by Gasteiger charge is 2.33. The zero-order chi connectivity index (χ0) is 20.4. The number of carbonyl (C=O) groups excluding carboxylic acids is 1. The molecule has 0 unspecified atom stereocenters. The van der Waals surface area contributed by atoms with Gasteiger partial charge in [-0.3, -0.25) is 4.79 Å². The average Bonchev–Trinajstić information content (AvgIpc) is 3.16. The number of imidazole rings is 1. The van der Waals surface area contributed by atoms with Crippen LogP contribution >= 0.6 is 0 Å². The predicted octanol–water partition coefficient (Wildman–Crippen LogP) is 2.16. The van der Waals surface area contributed by atoms with Crippen LogP contribution < -0.4 is 20.9 Å². The third-order valence-corrected chi connectivity index (χ3v) is 4.51. The maximum absolute atomic E-state index is 10.9. The van der Waals surface area contributed by atoms with E-state index in [1.54, 1.807) is 24.3 Å². The lowest BCUT2D eigenvalue weighted by atomic mass is 9.88. The van der Waals surface area contributed by atoms with E-state index in [9.17, 15) is 10.1 Å². The summed E-state index contributed by atoms with van der Waals surface area (Å²) in [7, 11) is 0. The number of H-pyrrole nitrogens is 1. The van der Waals surface area contributed by atoms with Crippen molar-refractivity contribution in [1.82, 2.24) is 9.97 Å². The molecule has 2 heterocycles. The molecule has 8 nitrogen and oxygen atoms in total. The topological polar surface area (TPSA) is 140 Å². The zero-order valence-corrected chi connectivity index (χ0v) is 15.3. The quantitative estimate of drug-likeness (QED) is 0.613. The standard InChI is InChI=1S/C21H17N5O3/c22-10-15-17(12-6-8-14(9-7-12)28-11-16(23)27)18-21(29-19(15)24)26-20(25-18)13-4-2-1-3-5-13/h1-9,17H,11,24H2,(H2,23,27)(H,25,26)/t17-/m1/s1. The van der Waals surface area contributed by atoms with E-state index in [0.29, 0.717) is 23.1 Å². The first-order valence-electron chi connectivity index (χ1n) is 8.80. The summed E-state index contributed by atoms with van der Waals surface area (Å²) in [5.74, 6) is 0.430. The van der Waals surface area contributed by atoms with Gasteiger partial charge < -0.3 is 25.9 Å². The summed E-state index contributed by atoms with van der Waals surface area (Å²) < 4.78 is 10.9. The lowest BCUT2D eigenvalue weighted by Gasteiger charge is -2.22. The maximum Gasteiger partial charge on any atom is 0.255 e. The van der Waals surface area contributed by atoms with E-state index in [-0.39, 0.29) is 18.1 Å². The van der Waals surface area contributed by atoms with Crippen LogP contribution in [-0.4, -0.2) is 22.5 Å². The minimum atomic E-state index is -0.559. The van der Waals surface area contributed by atoms with Crippen molar-refractivity contribution >= 4 is 5.91 Å². The number of carbonyl (C=O) groups is 1. The Labute approximate surface area is 166 Å². The number of hydrogen-bond donors (Lipinski definition) is 3. The monoisotopic (exact) mass is 387 g/mol. The van der Waals surface area contributed by atoms with Crippen LogP contribution in [0.5, 0.6) is 11.6 Å². The Morgan fingerprint density at radius 2 is 1.93 bits per heavy atom. The molecule has 144 valence electrons. The number of aromatic amines is 1. The molecule has 1 aromatic heterocycles. The van der Waals surface area contributed by atoms with Gasteiger partial charge in [0.15, 0.2) is 6.61 Å². The zero-order valence-electron chi connectivity index (χ0n) is 15.3. The molecule has 0 fully saturated rings. The summed E-state index contributed by atoms with van der Waals surface area (Å²) in [5.41, 5.74) is 13.7. The van der Waals surface area contributed by atoms with Crippen LogP contribution in [0.4, 0.5) is 0 Å². The van der Waals surface area contributed by atoms with E-state index in [2.05, 4.69) is 16.0 Å². The summed E-state index contributed by atoms with van der Waals surface area (Å²) in [6, 6.07) is 18.7. The van der Waals surface area contributed by atoms with Gasteiger partial charge in [0.1, 0.15) is 23.2 Å². The van der Waals surface area contributed by atoms with E-state index in [1.807, 2.05) is 30.3 Å². The van der Waals surface area contributed by atoms with Gasteiger partial charge in [-0.15, -0.1) is 0 Å². The molecule has 0 spiro atoms. The van der Waals surface area contributed by atoms with Crippen molar-refractivity contribution in [2.45, 2.75) is 5.92 Å². The Morgan fingerprint density at radius 3 is 2.59 bits per heavy atom. The van der Waals surface area contributed by atoms with E-state index in [0.717, 1.165) is 11.1 Å². The second kappa shape index (κ2) is 7.40. The van der Waals surface area contributed by atoms with Crippen molar-refractivity contribution in [3.63, 3.8) is 0 Å². The Kier molecular flexibility index (Phi) is 4.63. The third kappa shape index (κ3) is 3.49. The van der Waals surface area contributed by atoms with Crippen molar-refractivity contribution in [3.05, 3.63) is 77.3 Å². The number of nitrogens with zero attached hydrogens (tertiary/aromatic N) is 2. The fraction of sp³-hybridized carbons (Fsp3) is 0.0952. The molecular weight excluding hydrogens is 370 g/mol. The summed E-state index contributed by atoms with van der Waals surface area (Å²) in [6.07, 6.45) is 0. The number of nitriles is 1. The first kappa shape index (κ1) is 18.1. The van der Waals surface area contributed by atoms with Crippen molar-refractivity contribution in [2.75, 3.05) is 6.61 Å². The van der Waals surface area contributed by atoms with Gasteiger partial charge in [-0.2, -0.15) is 10.2 Å². The van der Waals surface area contributed by atoms with Gasteiger partial charge in [0, 0.05) is 5.56 Å². The number of primary amides is 1. The first-order chi connectivity index (χ1) is 14.1. The van der Waals surface area contributed by atoms with Crippen LogP contribution in [0.1, 0.15) is 17.2 Å². The molecule has 29 heavy (non-hydrogen) atoms. The number of allylic oxidation sites excluding steroid dienone is 1. The van der Waals surface area contributed by atoms with E-state index in [1.165, 1.54) is 0 Å². The molecule has 4 rings (SSSR count). The predicted molar refractivity (Wildman–Crippen MR) is 104 cm³/mol. The minimum absolute atomic E-state index is 0.0187. The molecular formula is C21H17N5O3. The molecule has 5 N–H and O–H groups in total. The lowest BCUT2D eigenvalue weighted by Crippen LogP contribution is -2.21. The van der Waals surface area contributed by atoms with Gasteiger partial charge in [-0.25, -0.2) is 0 Å². The maximum atomic E-state index is 10.9. The molecule has 1 atom stereocenters. The molecule has 0 saturated carbocycles. The molecule has 0 aliphatic carbocycles. The van der Waals surface area contributed by atoms with Gasteiger partial charge in [0.25, 0.3) is 5.91 Å². The fourth-order valence-electron chi connectivity index (χ4n) is 3.19. The van der Waals surface area contributed by atoms with Crippen molar-refractivity contribution in [3.8, 4) is 29.1 Å². The Morgan fingerprint density at radius 1 is 1.21 bits per heavy atom. The number of ether oxygens (including phenoxy) is 2. The normalized spacial score (nSPS) is 15.2. The number of benzene rings is 2.